The number of ether oxygens (including phenoxy) is 2. The first-order valence-electron chi connectivity index (χ1n) is 10.3. The molecule has 0 aliphatic carbocycles. The van der Waals surface area contributed by atoms with Crippen molar-refractivity contribution < 1.29 is 22.7 Å². The third-order valence-corrected chi connectivity index (χ3v) is 7.34. The Hall–Kier alpha value is -3.51. The maximum atomic E-state index is 13.2. The van der Waals surface area contributed by atoms with E-state index in [-0.39, 0.29) is 17.3 Å². The van der Waals surface area contributed by atoms with Crippen molar-refractivity contribution in [1.82, 2.24) is 24.5 Å². The fraction of sp³-hybridized carbons (Fsp3) is 0.333. The number of aromatic nitrogens is 4. The normalized spacial score (nSPS) is 16.8. The first-order chi connectivity index (χ1) is 15.9. The number of hydrogen-bond donors (Lipinski definition) is 1. The summed E-state index contributed by atoms with van der Waals surface area (Å²) in [5.74, 6) is 0.357. The van der Waals surface area contributed by atoms with Crippen LogP contribution in [0, 0.1) is 5.92 Å². The van der Waals surface area contributed by atoms with Crippen LogP contribution in [0.5, 0.6) is 11.5 Å². The minimum atomic E-state index is -3.76. The molecule has 0 unspecified atom stereocenters. The fourth-order valence-electron chi connectivity index (χ4n) is 3.70. The van der Waals surface area contributed by atoms with E-state index in [1.807, 2.05) is 0 Å². The molecule has 1 aliphatic rings. The van der Waals surface area contributed by atoms with Gasteiger partial charge in [0.15, 0.2) is 0 Å². The summed E-state index contributed by atoms with van der Waals surface area (Å²) in [6, 6.07) is 11.4. The van der Waals surface area contributed by atoms with Gasteiger partial charge in [-0.3, -0.25) is 4.79 Å². The molecule has 12 heteroatoms. The number of nitrogens with one attached hydrogen (secondary N) is 1. The van der Waals surface area contributed by atoms with Gasteiger partial charge in [-0.2, -0.15) is 4.31 Å². The third-order valence-electron chi connectivity index (χ3n) is 5.46. The van der Waals surface area contributed by atoms with Crippen LogP contribution in [0.2, 0.25) is 0 Å². The maximum Gasteiger partial charge on any atom is 0.243 e. The molecule has 2 heterocycles. The third kappa shape index (κ3) is 4.96. The summed E-state index contributed by atoms with van der Waals surface area (Å²) in [7, 11) is -0.701. The zero-order chi connectivity index (χ0) is 23.4. The van der Waals surface area contributed by atoms with E-state index in [1.165, 1.54) is 41.7 Å². The Morgan fingerprint density at radius 3 is 2.39 bits per heavy atom. The highest BCUT2D eigenvalue weighted by Gasteiger charge is 2.33. The summed E-state index contributed by atoms with van der Waals surface area (Å²) in [6.45, 7) is 0.456. The van der Waals surface area contributed by atoms with Gasteiger partial charge in [0.05, 0.1) is 30.7 Å². The SMILES string of the molecule is COc1cc(NC(=O)[C@@H]2CCCN(S(=O)(=O)c3ccc(-n4cnnn4)cc3)C2)cc(OC)c1. The fourth-order valence-corrected chi connectivity index (χ4v) is 5.22. The van der Waals surface area contributed by atoms with Crippen LogP contribution in [0.4, 0.5) is 5.69 Å². The second kappa shape index (κ2) is 9.55. The number of rotatable bonds is 7. The molecule has 0 radical (unpaired) electrons. The molecule has 0 bridgehead atoms. The largest absolute Gasteiger partial charge is 0.497 e. The summed E-state index contributed by atoms with van der Waals surface area (Å²) >= 11 is 0. The Morgan fingerprint density at radius 1 is 1.09 bits per heavy atom. The Kier molecular flexibility index (Phi) is 6.56. The van der Waals surface area contributed by atoms with Gasteiger partial charge in [-0.1, -0.05) is 0 Å². The number of hydrogen-bond acceptors (Lipinski definition) is 8. The minimum Gasteiger partial charge on any atom is -0.497 e. The topological polar surface area (TPSA) is 129 Å². The van der Waals surface area contributed by atoms with Crippen molar-refractivity contribution >= 4 is 21.6 Å². The van der Waals surface area contributed by atoms with Gasteiger partial charge >= 0.3 is 0 Å². The molecule has 1 aromatic heterocycles. The van der Waals surface area contributed by atoms with Gasteiger partial charge < -0.3 is 14.8 Å². The van der Waals surface area contributed by atoms with Gasteiger partial charge in [0.25, 0.3) is 0 Å². The lowest BCUT2D eigenvalue weighted by Gasteiger charge is -2.31. The summed E-state index contributed by atoms with van der Waals surface area (Å²) < 4.78 is 39.7. The highest BCUT2D eigenvalue weighted by molar-refractivity contribution is 7.89. The van der Waals surface area contributed by atoms with Crippen LogP contribution < -0.4 is 14.8 Å². The molecule has 3 aromatic rings. The van der Waals surface area contributed by atoms with Crippen LogP contribution in [0.25, 0.3) is 5.69 Å². The Balaban J connectivity index is 1.47. The Labute approximate surface area is 191 Å². The van der Waals surface area contributed by atoms with Gasteiger partial charge in [0.1, 0.15) is 17.8 Å². The summed E-state index contributed by atoms with van der Waals surface area (Å²) in [5.41, 5.74) is 1.16. The molecule has 1 aliphatic heterocycles. The first-order valence-corrected chi connectivity index (χ1v) is 11.7. The van der Waals surface area contributed by atoms with Crippen molar-refractivity contribution in [2.24, 2.45) is 5.92 Å². The lowest BCUT2D eigenvalue weighted by atomic mass is 9.98. The van der Waals surface area contributed by atoms with E-state index in [0.717, 1.165) is 0 Å². The van der Waals surface area contributed by atoms with Gasteiger partial charge in [-0.25, -0.2) is 13.1 Å². The summed E-state index contributed by atoms with van der Waals surface area (Å²) in [5, 5.41) is 13.8. The summed E-state index contributed by atoms with van der Waals surface area (Å²) in [4.78, 5) is 13.1. The van der Waals surface area contributed by atoms with E-state index < -0.39 is 15.9 Å². The zero-order valence-electron chi connectivity index (χ0n) is 18.2. The van der Waals surface area contributed by atoms with Gasteiger partial charge in [0, 0.05) is 37.0 Å². The Bertz CT molecular complexity index is 1190. The monoisotopic (exact) mass is 472 g/mol. The molecule has 1 saturated heterocycles. The van der Waals surface area contributed by atoms with E-state index in [0.29, 0.717) is 42.3 Å². The molecule has 0 saturated carbocycles. The maximum absolute atomic E-state index is 13.2. The zero-order valence-corrected chi connectivity index (χ0v) is 19.0. The number of amides is 1. The lowest BCUT2D eigenvalue weighted by molar-refractivity contribution is -0.120. The second-order valence-corrected chi connectivity index (χ2v) is 9.48. The van der Waals surface area contributed by atoms with Crippen LogP contribution >= 0.6 is 0 Å². The van der Waals surface area contributed by atoms with Crippen molar-refractivity contribution in [3.05, 3.63) is 48.8 Å². The first kappa shape index (κ1) is 22.7. The van der Waals surface area contributed by atoms with Crippen LogP contribution in [-0.4, -0.2) is 66.1 Å². The number of tetrazole rings is 1. The van der Waals surface area contributed by atoms with Crippen LogP contribution in [0.3, 0.4) is 0 Å². The van der Waals surface area contributed by atoms with Gasteiger partial charge in [-0.05, 0) is 47.5 Å². The molecule has 11 nitrogen and oxygen atoms in total. The van der Waals surface area contributed by atoms with Crippen molar-refractivity contribution in [2.45, 2.75) is 17.7 Å². The average Bonchev–Trinajstić information content (AvgIpc) is 3.39. The number of sulfonamides is 1. The quantitative estimate of drug-likeness (QED) is 0.550. The molecule has 174 valence electrons. The highest BCUT2D eigenvalue weighted by Crippen LogP contribution is 2.28. The average molecular weight is 473 g/mol. The molecular weight excluding hydrogens is 448 g/mol. The standard InChI is InChI=1S/C21H24N6O5S/c1-31-18-10-16(11-19(12-18)32-2)23-21(28)15-4-3-9-26(13-15)33(29,30)20-7-5-17(6-8-20)27-14-22-24-25-27/h5-8,10-12,14-15H,3-4,9,13H2,1-2H3,(H,23,28)/t15-/m1/s1. The number of piperidine rings is 1. The number of benzene rings is 2. The number of anilines is 1. The predicted molar refractivity (Wildman–Crippen MR) is 119 cm³/mol. The van der Waals surface area contributed by atoms with Gasteiger partial charge in [-0.15, -0.1) is 5.10 Å². The molecule has 1 atom stereocenters. The minimum absolute atomic E-state index is 0.101. The van der Waals surface area contributed by atoms with Crippen molar-refractivity contribution in [1.29, 1.82) is 0 Å². The number of carbonyl (C=O) groups is 1. The second-order valence-electron chi connectivity index (χ2n) is 7.54. The highest BCUT2D eigenvalue weighted by atomic mass is 32.2. The predicted octanol–water partition coefficient (Wildman–Crippen LogP) is 1.72. The molecular formula is C21H24N6O5S. The molecule has 1 amide bonds. The molecule has 2 aromatic carbocycles. The van der Waals surface area contributed by atoms with Crippen molar-refractivity contribution in [3.8, 4) is 17.2 Å². The van der Waals surface area contributed by atoms with Crippen molar-refractivity contribution in [3.63, 3.8) is 0 Å². The van der Waals surface area contributed by atoms with Crippen LogP contribution in [0.1, 0.15) is 12.8 Å². The van der Waals surface area contributed by atoms with E-state index in [1.54, 1.807) is 30.3 Å². The molecule has 0 spiro atoms. The molecule has 33 heavy (non-hydrogen) atoms. The van der Waals surface area contributed by atoms with E-state index in [4.69, 9.17) is 9.47 Å². The Morgan fingerprint density at radius 2 is 1.79 bits per heavy atom. The number of carbonyl (C=O) groups excluding carboxylic acids is 1. The van der Waals surface area contributed by atoms with Gasteiger partial charge in [0.2, 0.25) is 15.9 Å². The van der Waals surface area contributed by atoms with Crippen molar-refractivity contribution in [2.75, 3.05) is 32.6 Å². The van der Waals surface area contributed by atoms with E-state index >= 15 is 0 Å². The number of nitrogens with zero attached hydrogens (tertiary/aromatic N) is 5. The molecule has 4 rings (SSSR count). The van der Waals surface area contributed by atoms with Crippen LogP contribution in [0.15, 0.2) is 53.7 Å². The van der Waals surface area contributed by atoms with Crippen LogP contribution in [-0.2, 0) is 14.8 Å². The summed E-state index contributed by atoms with van der Waals surface area (Å²) in [6.07, 6.45) is 2.61. The number of methoxy groups -OCH3 is 2. The lowest BCUT2D eigenvalue weighted by Crippen LogP contribution is -2.43. The smallest absolute Gasteiger partial charge is 0.243 e. The molecule has 1 fully saturated rings. The van der Waals surface area contributed by atoms with E-state index in [9.17, 15) is 13.2 Å². The van der Waals surface area contributed by atoms with E-state index in [2.05, 4.69) is 20.8 Å². The molecule has 1 N–H and O–H groups in total.